The van der Waals surface area contributed by atoms with Crippen LogP contribution in [0.4, 0.5) is 0 Å². The molecule has 0 saturated heterocycles. The molecule has 8 aromatic carbocycles. The van der Waals surface area contributed by atoms with Crippen molar-refractivity contribution in [3.8, 4) is 33.4 Å². The maximum Gasteiger partial charge on any atom is 0.193 e. The van der Waals surface area contributed by atoms with Crippen molar-refractivity contribution in [2.45, 2.75) is 47.0 Å². The molecule has 2 aliphatic rings. The molecule has 0 radical (unpaired) electrons. The van der Waals surface area contributed by atoms with Gasteiger partial charge in [0.05, 0.1) is 5.41 Å². The number of fused-ring (bicyclic) bond motifs is 10. The van der Waals surface area contributed by atoms with E-state index in [4.69, 9.17) is 0 Å². The van der Waals surface area contributed by atoms with Crippen molar-refractivity contribution >= 4 is 5.78 Å². The molecule has 1 heteroatoms. The summed E-state index contributed by atoms with van der Waals surface area (Å²) in [5, 5.41) is 0. The highest BCUT2D eigenvalue weighted by Gasteiger charge is 2.51. The Morgan fingerprint density at radius 2 is 0.667 bits per heavy atom. The Labute approximate surface area is 338 Å². The summed E-state index contributed by atoms with van der Waals surface area (Å²) in [5.41, 5.74) is 22.7. The first-order valence-corrected chi connectivity index (χ1v) is 19.9. The van der Waals surface area contributed by atoms with Gasteiger partial charge >= 0.3 is 0 Å². The third-order valence-electron chi connectivity index (χ3n) is 11.4. The van der Waals surface area contributed by atoms with Crippen molar-refractivity contribution in [2.75, 3.05) is 0 Å². The average molecular weight is 737 g/mol. The van der Waals surface area contributed by atoms with Gasteiger partial charge in [0.2, 0.25) is 0 Å². The van der Waals surface area contributed by atoms with Gasteiger partial charge < -0.3 is 0 Å². The van der Waals surface area contributed by atoms with Gasteiger partial charge in [-0.15, -0.1) is 0 Å². The third-order valence-corrected chi connectivity index (χ3v) is 11.4. The molecule has 0 atom stereocenters. The molecule has 0 aliphatic heterocycles. The third kappa shape index (κ3) is 7.07. The minimum Gasteiger partial charge on any atom is -0.289 e. The Kier molecular flexibility index (Phi) is 10.2. The number of benzene rings is 8. The summed E-state index contributed by atoms with van der Waals surface area (Å²) in [6.07, 6.45) is 0. The van der Waals surface area contributed by atoms with E-state index in [1.807, 2.05) is 62.4 Å². The molecule has 1 nitrogen and oxygen atoms in total. The first kappa shape index (κ1) is 37.4. The predicted octanol–water partition coefficient (Wildman–Crippen LogP) is 14.2. The molecule has 0 N–H and O–H groups in total. The molecule has 0 saturated carbocycles. The highest BCUT2D eigenvalue weighted by molar-refractivity contribution is 6.09. The fourth-order valence-electron chi connectivity index (χ4n) is 8.59. The molecule has 278 valence electrons. The molecule has 0 unspecified atom stereocenters. The molecule has 0 fully saturated rings. The molecule has 1 spiro atoms. The number of carbonyl (C=O) groups is 1. The summed E-state index contributed by atoms with van der Waals surface area (Å²) in [5.74, 6) is 0.0833. The summed E-state index contributed by atoms with van der Waals surface area (Å²) in [7, 11) is 0. The molecule has 10 rings (SSSR count). The lowest BCUT2D eigenvalue weighted by molar-refractivity contribution is 0.103. The van der Waals surface area contributed by atoms with Crippen LogP contribution in [0.15, 0.2) is 182 Å². The number of rotatable bonds is 3. The first-order valence-electron chi connectivity index (χ1n) is 19.9. The summed E-state index contributed by atoms with van der Waals surface area (Å²) >= 11 is 0. The zero-order chi connectivity index (χ0) is 39.7. The molecule has 0 bridgehead atoms. The van der Waals surface area contributed by atoms with Crippen LogP contribution in [0.2, 0.25) is 0 Å². The number of ketones is 1. The summed E-state index contributed by atoms with van der Waals surface area (Å²) in [4.78, 5) is 12.1. The van der Waals surface area contributed by atoms with E-state index in [0.717, 1.165) is 11.1 Å². The van der Waals surface area contributed by atoms with Crippen molar-refractivity contribution in [1.29, 1.82) is 0 Å². The molecule has 8 aromatic rings. The van der Waals surface area contributed by atoms with Crippen LogP contribution in [0.5, 0.6) is 0 Å². The summed E-state index contributed by atoms with van der Waals surface area (Å²) < 4.78 is 0. The molecule has 0 heterocycles. The number of hydrogen-bond donors (Lipinski definition) is 0. The van der Waals surface area contributed by atoms with Crippen LogP contribution in [0.25, 0.3) is 33.4 Å². The minimum absolute atomic E-state index is 0.0833. The van der Waals surface area contributed by atoms with Gasteiger partial charge in [0.25, 0.3) is 0 Å². The van der Waals surface area contributed by atoms with E-state index in [1.54, 1.807) is 0 Å². The number of carbonyl (C=O) groups excluding carboxylic acids is 1. The van der Waals surface area contributed by atoms with Crippen molar-refractivity contribution in [3.05, 3.63) is 249 Å². The van der Waals surface area contributed by atoms with E-state index in [0.29, 0.717) is 0 Å². The Hall–Kier alpha value is -6.57. The van der Waals surface area contributed by atoms with E-state index in [9.17, 15) is 4.79 Å². The first-order chi connectivity index (χ1) is 27.6. The van der Waals surface area contributed by atoms with Gasteiger partial charge in [-0.25, -0.2) is 0 Å². The van der Waals surface area contributed by atoms with Gasteiger partial charge in [-0.05, 0) is 97.2 Å². The van der Waals surface area contributed by atoms with Crippen LogP contribution in [0.1, 0.15) is 71.6 Å². The van der Waals surface area contributed by atoms with Gasteiger partial charge in [-0.3, -0.25) is 4.79 Å². The zero-order valence-corrected chi connectivity index (χ0v) is 33.7. The lowest BCUT2D eigenvalue weighted by Crippen LogP contribution is -2.26. The fraction of sp³-hybridized carbons (Fsp3) is 0.125. The van der Waals surface area contributed by atoms with Crippen LogP contribution in [-0.2, 0) is 5.41 Å². The van der Waals surface area contributed by atoms with Gasteiger partial charge in [0, 0.05) is 11.1 Å². The van der Waals surface area contributed by atoms with E-state index in [2.05, 4.69) is 161 Å². The number of aryl methyl sites for hydroxylation is 6. The molecule has 57 heavy (non-hydrogen) atoms. The predicted molar refractivity (Wildman–Crippen MR) is 239 cm³/mol. The fourth-order valence-corrected chi connectivity index (χ4v) is 8.59. The Morgan fingerprint density at radius 3 is 1.07 bits per heavy atom. The summed E-state index contributed by atoms with van der Waals surface area (Å²) in [6, 6.07) is 64.4. The lowest BCUT2D eigenvalue weighted by Gasteiger charge is -2.30. The second kappa shape index (κ2) is 15.5. The zero-order valence-electron chi connectivity index (χ0n) is 33.7. The van der Waals surface area contributed by atoms with Crippen molar-refractivity contribution in [3.63, 3.8) is 0 Å². The summed E-state index contributed by atoms with van der Waals surface area (Å²) in [6.45, 7) is 12.7. The van der Waals surface area contributed by atoms with E-state index in [-0.39, 0.29) is 11.2 Å². The second-order valence-corrected chi connectivity index (χ2v) is 15.7. The van der Waals surface area contributed by atoms with Crippen molar-refractivity contribution < 1.29 is 4.79 Å². The van der Waals surface area contributed by atoms with Crippen molar-refractivity contribution in [2.24, 2.45) is 0 Å². The largest absolute Gasteiger partial charge is 0.289 e. The molecular weight excluding hydrogens is 689 g/mol. The van der Waals surface area contributed by atoms with Crippen LogP contribution in [0, 0.1) is 41.5 Å². The normalized spacial score (nSPS) is 12.2. The Morgan fingerprint density at radius 1 is 0.316 bits per heavy atom. The van der Waals surface area contributed by atoms with Crippen LogP contribution >= 0.6 is 0 Å². The Bertz CT molecular complexity index is 2560. The monoisotopic (exact) mass is 736 g/mol. The Balaban J connectivity index is 0.000000130. The van der Waals surface area contributed by atoms with Crippen molar-refractivity contribution in [1.82, 2.24) is 0 Å². The van der Waals surface area contributed by atoms with E-state index < -0.39 is 0 Å². The topological polar surface area (TPSA) is 17.1 Å². The number of hydrogen-bond acceptors (Lipinski definition) is 1. The van der Waals surface area contributed by atoms with Gasteiger partial charge in [0.1, 0.15) is 0 Å². The van der Waals surface area contributed by atoms with Crippen LogP contribution in [0.3, 0.4) is 0 Å². The maximum atomic E-state index is 12.1. The highest BCUT2D eigenvalue weighted by Crippen LogP contribution is 2.62. The molecule has 2 aliphatic carbocycles. The second-order valence-electron chi connectivity index (χ2n) is 15.7. The highest BCUT2D eigenvalue weighted by atomic mass is 16.1. The smallest absolute Gasteiger partial charge is 0.193 e. The lowest BCUT2D eigenvalue weighted by atomic mass is 9.70. The quantitative estimate of drug-likeness (QED) is 0.165. The molecule has 0 aromatic heterocycles. The molecule has 0 amide bonds. The van der Waals surface area contributed by atoms with Gasteiger partial charge in [-0.1, -0.05) is 215 Å². The van der Waals surface area contributed by atoms with E-state index in [1.165, 1.54) is 89.0 Å². The SMILES string of the molecule is Cc1ccc(C(=O)c2ccc(C)cc2)cc1.Cc1ccc2c(c1)C1(c3ccccc3-c3ccccc31)c1cc(C)ccc1-2.Cc1cccc(-c2cccc(C)c2)c1. The minimum atomic E-state index is -0.199. The maximum absolute atomic E-state index is 12.1. The van der Waals surface area contributed by atoms with Gasteiger partial charge in [-0.2, -0.15) is 0 Å². The van der Waals surface area contributed by atoms with Gasteiger partial charge in [0.15, 0.2) is 5.78 Å². The van der Waals surface area contributed by atoms with E-state index >= 15 is 0 Å². The molecular formula is C56H48O. The standard InChI is InChI=1S/C27H20.C15H14O.C14H14/c1-17-11-13-21-22-14-12-18(2)16-26(22)27(25(21)15-17)23-9-5-3-7-19(23)20-8-4-6-10-24(20)27;1-11-3-7-13(8-4-11)15(16)14-9-5-12(2)6-10-14;1-11-5-3-7-13(9-11)14-8-4-6-12(2)10-14/h3-16H,1-2H3;3-10H,1-2H3;3-10H,1-2H3. The van der Waals surface area contributed by atoms with Crippen LogP contribution in [-0.4, -0.2) is 5.78 Å². The average Bonchev–Trinajstić information content (AvgIpc) is 3.68. The van der Waals surface area contributed by atoms with Crippen LogP contribution < -0.4 is 0 Å².